The van der Waals surface area contributed by atoms with E-state index in [1.54, 1.807) is 54.7 Å². The topological polar surface area (TPSA) is 55.4 Å². The summed E-state index contributed by atoms with van der Waals surface area (Å²) in [4.78, 5) is 11.9. The average Bonchev–Trinajstić information content (AvgIpc) is 2.60. The number of carbonyl (C=O) groups excluding carboxylic acids is 1. The second-order valence-electron chi connectivity index (χ2n) is 5.33. The van der Waals surface area contributed by atoms with Crippen LogP contribution in [0.2, 0.25) is 0 Å². The number of alkyl carbamates (subject to hydrolysis) is 1. The van der Waals surface area contributed by atoms with Crippen LogP contribution in [0.1, 0.15) is 11.1 Å². The molecule has 0 bridgehead atoms. The van der Waals surface area contributed by atoms with E-state index >= 15 is 0 Å². The van der Waals surface area contributed by atoms with Crippen molar-refractivity contribution in [3.05, 3.63) is 76.8 Å². The normalized spacial score (nSPS) is 13.2. The first-order valence-electron chi connectivity index (χ1n) is 7.49. The molecule has 1 N–H and O–H groups in total. The lowest BCUT2D eigenvalue weighted by molar-refractivity contribution is -0.0960. The van der Waals surface area contributed by atoms with Gasteiger partial charge in [0.25, 0.3) is 0 Å². The molecule has 2 rings (SSSR count). The number of nitrogens with one attached hydrogen (secondary N) is 1. The first-order valence-corrected chi connectivity index (χ1v) is 8.71. The predicted molar refractivity (Wildman–Crippen MR) is 91.5 cm³/mol. The van der Waals surface area contributed by atoms with Gasteiger partial charge in [0, 0.05) is 10.3 Å². The van der Waals surface area contributed by atoms with Crippen molar-refractivity contribution in [2.75, 3.05) is 0 Å². The summed E-state index contributed by atoms with van der Waals surface area (Å²) in [5.41, 5.74) is 0.0753. The molecular formula is C18H16F3NO3S. The lowest BCUT2D eigenvalue weighted by Gasteiger charge is -2.13. The number of ether oxygens (including phenoxy) is 1. The largest absolute Gasteiger partial charge is 0.444 e. The van der Waals surface area contributed by atoms with Crippen molar-refractivity contribution >= 4 is 16.9 Å². The fourth-order valence-electron chi connectivity index (χ4n) is 1.88. The molecule has 0 aliphatic carbocycles. The second-order valence-corrected chi connectivity index (χ2v) is 6.63. The number of rotatable bonds is 5. The highest BCUT2D eigenvalue weighted by Gasteiger charge is 2.36. The number of alkyl halides is 3. The van der Waals surface area contributed by atoms with Crippen molar-refractivity contribution in [1.29, 1.82) is 0 Å². The maximum absolute atomic E-state index is 13.1. The van der Waals surface area contributed by atoms with E-state index < -0.39 is 28.8 Å². The van der Waals surface area contributed by atoms with Gasteiger partial charge in [-0.25, -0.2) is 9.00 Å². The minimum absolute atomic E-state index is 0.182. The highest BCUT2D eigenvalue weighted by atomic mass is 32.2. The number of allylic oxidation sites excluding steroid dienone is 1. The first kappa shape index (κ1) is 19.7. The molecule has 0 spiro atoms. The Morgan fingerprint density at radius 2 is 1.73 bits per heavy atom. The fourth-order valence-corrected chi connectivity index (χ4v) is 2.83. The third kappa shape index (κ3) is 6.03. The van der Waals surface area contributed by atoms with Crippen LogP contribution in [0.25, 0.3) is 0 Å². The Balaban J connectivity index is 2.08. The highest BCUT2D eigenvalue weighted by molar-refractivity contribution is 7.88. The zero-order chi connectivity index (χ0) is 19.2. The van der Waals surface area contributed by atoms with E-state index in [-0.39, 0.29) is 11.5 Å². The van der Waals surface area contributed by atoms with Gasteiger partial charge in [0.1, 0.15) is 12.3 Å². The third-order valence-corrected chi connectivity index (χ3v) is 4.42. The molecular weight excluding hydrogens is 367 g/mol. The zero-order valence-electron chi connectivity index (χ0n) is 13.7. The Kier molecular flexibility index (Phi) is 6.57. The van der Waals surface area contributed by atoms with Crippen molar-refractivity contribution in [3.8, 4) is 0 Å². The molecule has 4 nitrogen and oxygen atoms in total. The quantitative estimate of drug-likeness (QED) is 0.831. The van der Waals surface area contributed by atoms with Crippen LogP contribution in [0, 0.1) is 6.92 Å². The Bertz CT molecular complexity index is 803. The molecule has 1 amide bonds. The van der Waals surface area contributed by atoms with E-state index in [4.69, 9.17) is 4.74 Å². The first-order chi connectivity index (χ1) is 12.3. The van der Waals surface area contributed by atoms with Crippen molar-refractivity contribution < 1.29 is 26.9 Å². The van der Waals surface area contributed by atoms with Crippen LogP contribution in [-0.4, -0.2) is 16.5 Å². The van der Waals surface area contributed by atoms with Crippen LogP contribution in [-0.2, 0) is 22.1 Å². The molecule has 0 heterocycles. The van der Waals surface area contributed by atoms with Gasteiger partial charge in [-0.15, -0.1) is 0 Å². The molecule has 2 aromatic carbocycles. The molecule has 0 aliphatic rings. The molecule has 0 radical (unpaired) electrons. The minimum Gasteiger partial charge on any atom is -0.444 e. The van der Waals surface area contributed by atoms with E-state index in [1.807, 2.05) is 0 Å². The Morgan fingerprint density at radius 3 is 2.31 bits per heavy atom. The average molecular weight is 383 g/mol. The van der Waals surface area contributed by atoms with Gasteiger partial charge in [-0.1, -0.05) is 48.0 Å². The smallest absolute Gasteiger partial charge is 0.432 e. The molecule has 0 aromatic heterocycles. The summed E-state index contributed by atoms with van der Waals surface area (Å²) in [7, 11) is -2.08. The summed E-state index contributed by atoms with van der Waals surface area (Å²) in [6.45, 7) is 1.62. The third-order valence-electron chi connectivity index (χ3n) is 3.23. The summed E-state index contributed by atoms with van der Waals surface area (Å²) < 4.78 is 56.2. The van der Waals surface area contributed by atoms with Crippen molar-refractivity contribution in [1.82, 2.24) is 5.32 Å². The minimum atomic E-state index is -4.88. The van der Waals surface area contributed by atoms with Crippen LogP contribution >= 0.6 is 0 Å². The molecule has 138 valence electrons. The molecule has 1 unspecified atom stereocenters. The summed E-state index contributed by atoms with van der Waals surface area (Å²) >= 11 is 0. The summed E-state index contributed by atoms with van der Waals surface area (Å²) in [6.07, 6.45) is -6.16. The number of benzene rings is 2. The second kappa shape index (κ2) is 8.66. The van der Waals surface area contributed by atoms with Crippen molar-refractivity contribution in [2.45, 2.75) is 24.6 Å². The molecule has 0 saturated carbocycles. The van der Waals surface area contributed by atoms with E-state index in [1.165, 1.54) is 12.1 Å². The van der Waals surface area contributed by atoms with Crippen LogP contribution in [0.4, 0.5) is 18.0 Å². The van der Waals surface area contributed by atoms with Gasteiger partial charge in [0.05, 0.1) is 10.8 Å². The van der Waals surface area contributed by atoms with Crippen molar-refractivity contribution in [3.63, 3.8) is 0 Å². The van der Waals surface area contributed by atoms with Gasteiger partial charge in [0.15, 0.2) is 0 Å². The highest BCUT2D eigenvalue weighted by Crippen LogP contribution is 2.25. The van der Waals surface area contributed by atoms with Crippen LogP contribution in [0.5, 0.6) is 0 Å². The number of halogens is 3. The molecule has 2 aromatic rings. The lowest BCUT2D eigenvalue weighted by Crippen LogP contribution is -2.32. The number of amides is 1. The molecule has 0 aliphatic heterocycles. The maximum atomic E-state index is 13.1. The summed E-state index contributed by atoms with van der Waals surface area (Å²) in [6, 6.07) is 14.7. The Hall–Kier alpha value is -2.61. The lowest BCUT2D eigenvalue weighted by atomic mass is 10.2. The van der Waals surface area contributed by atoms with Crippen molar-refractivity contribution in [2.24, 2.45) is 0 Å². The van der Waals surface area contributed by atoms with E-state index in [0.717, 1.165) is 5.56 Å². The molecule has 0 saturated heterocycles. The van der Waals surface area contributed by atoms with Crippen LogP contribution in [0.15, 0.2) is 70.6 Å². The van der Waals surface area contributed by atoms with Gasteiger partial charge in [-0.3, -0.25) is 5.32 Å². The van der Waals surface area contributed by atoms with E-state index in [2.05, 4.69) is 0 Å². The van der Waals surface area contributed by atoms with Crippen LogP contribution in [0.3, 0.4) is 0 Å². The zero-order valence-corrected chi connectivity index (χ0v) is 14.6. The summed E-state index contributed by atoms with van der Waals surface area (Å²) in [5.74, 6) is 0. The van der Waals surface area contributed by atoms with E-state index in [9.17, 15) is 22.2 Å². The number of aryl methyl sites for hydroxylation is 1. The van der Waals surface area contributed by atoms with Gasteiger partial charge >= 0.3 is 12.3 Å². The monoisotopic (exact) mass is 383 g/mol. The molecule has 26 heavy (non-hydrogen) atoms. The standard InChI is InChI=1S/C18H16F3NO3S/c1-13-7-9-15(10-8-13)26(24)12-16(18(19,20)21)22-17(23)25-11-14-5-3-2-4-6-14/h2-10,12H,11H2,1H3,(H,22,23)/b16-12-. The molecule has 8 heteroatoms. The van der Waals surface area contributed by atoms with E-state index in [0.29, 0.717) is 11.0 Å². The Morgan fingerprint density at radius 1 is 1.12 bits per heavy atom. The summed E-state index contributed by atoms with van der Waals surface area (Å²) in [5, 5.41) is 2.07. The van der Waals surface area contributed by atoms with Gasteiger partial charge in [0.2, 0.25) is 0 Å². The molecule has 0 fully saturated rings. The number of carbonyl (C=O) groups is 1. The fraction of sp³-hybridized carbons (Fsp3) is 0.167. The number of hydrogen-bond donors (Lipinski definition) is 1. The van der Waals surface area contributed by atoms with Gasteiger partial charge in [-0.2, -0.15) is 13.2 Å². The van der Waals surface area contributed by atoms with Crippen LogP contribution < -0.4 is 5.32 Å². The molecule has 1 atom stereocenters. The van der Waals surface area contributed by atoms with Gasteiger partial charge in [-0.05, 0) is 24.6 Å². The number of hydrogen-bond acceptors (Lipinski definition) is 3. The Labute approximate surface area is 151 Å². The predicted octanol–water partition coefficient (Wildman–Crippen LogP) is 4.43. The maximum Gasteiger partial charge on any atom is 0.432 e. The van der Waals surface area contributed by atoms with Gasteiger partial charge < -0.3 is 4.74 Å². The SMILES string of the molecule is Cc1ccc(S(=O)/C=C(\NC(=O)OCc2ccccc2)C(F)(F)F)cc1.